The molecule has 0 aliphatic carbocycles. The molecule has 25 heavy (non-hydrogen) atoms. The van der Waals surface area contributed by atoms with Crippen LogP contribution in [0.15, 0.2) is 65.4 Å². The van der Waals surface area contributed by atoms with Gasteiger partial charge in [0.05, 0.1) is 17.6 Å². The average Bonchev–Trinajstić information content (AvgIpc) is 3.12. The lowest BCUT2D eigenvalue weighted by Gasteiger charge is -2.12. The van der Waals surface area contributed by atoms with E-state index in [9.17, 15) is 14.8 Å². The van der Waals surface area contributed by atoms with Gasteiger partial charge < -0.3 is 20.3 Å². The maximum Gasteiger partial charge on any atom is 0.321 e. The number of carbonyl (C=O) groups is 2. The highest BCUT2D eigenvalue weighted by Crippen LogP contribution is 2.26. The molecule has 0 aliphatic heterocycles. The van der Waals surface area contributed by atoms with Crippen molar-refractivity contribution in [1.29, 1.82) is 0 Å². The third-order valence-corrected chi connectivity index (χ3v) is 3.51. The Labute approximate surface area is 147 Å². The second-order valence-electron chi connectivity index (χ2n) is 4.99. The molecule has 7 nitrogen and oxygen atoms in total. The van der Waals surface area contributed by atoms with Crippen molar-refractivity contribution in [3.8, 4) is 0 Å². The minimum atomic E-state index is -0.619. The molecule has 0 spiro atoms. The van der Waals surface area contributed by atoms with Gasteiger partial charge in [-0.25, -0.2) is 0 Å². The summed E-state index contributed by atoms with van der Waals surface area (Å²) in [5.41, 5.74) is 0.481. The molecule has 126 valence electrons. The quantitative estimate of drug-likeness (QED) is 0.553. The summed E-state index contributed by atoms with van der Waals surface area (Å²) in [5, 5.41) is 17.2. The van der Waals surface area contributed by atoms with Crippen molar-refractivity contribution in [3.63, 3.8) is 0 Å². The van der Waals surface area contributed by atoms with Crippen molar-refractivity contribution < 1.29 is 18.7 Å². The van der Waals surface area contributed by atoms with E-state index in [1.165, 1.54) is 42.8 Å². The zero-order chi connectivity index (χ0) is 17.8. The fraction of sp³-hybridized carbons (Fsp3) is 0. The van der Waals surface area contributed by atoms with Gasteiger partial charge in [-0.3, -0.25) is 9.59 Å². The van der Waals surface area contributed by atoms with Crippen molar-refractivity contribution in [1.82, 2.24) is 0 Å². The van der Waals surface area contributed by atoms with Gasteiger partial charge in [-0.05, 0) is 36.4 Å². The summed E-state index contributed by atoms with van der Waals surface area (Å²) in [7, 11) is 0. The van der Waals surface area contributed by atoms with Gasteiger partial charge in [0, 0.05) is 17.2 Å². The van der Waals surface area contributed by atoms with Crippen LogP contribution in [0.2, 0.25) is 5.02 Å². The predicted octanol–water partition coefficient (Wildman–Crippen LogP) is 3.07. The van der Waals surface area contributed by atoms with Crippen molar-refractivity contribution in [3.05, 3.63) is 82.7 Å². The van der Waals surface area contributed by atoms with Crippen LogP contribution in [0.4, 0.5) is 11.4 Å². The summed E-state index contributed by atoms with van der Waals surface area (Å²) in [5.74, 6) is -1.01. The predicted molar refractivity (Wildman–Crippen MR) is 91.5 cm³/mol. The van der Waals surface area contributed by atoms with E-state index in [1.807, 2.05) is 0 Å². The molecule has 0 unspecified atom stereocenters. The molecule has 2 N–H and O–H groups in total. The molecule has 2 aromatic heterocycles. The van der Waals surface area contributed by atoms with Gasteiger partial charge in [0.1, 0.15) is 0 Å². The van der Waals surface area contributed by atoms with Crippen molar-refractivity contribution in [2.45, 2.75) is 0 Å². The minimum Gasteiger partial charge on any atom is -0.618 e. The molecule has 0 saturated carbocycles. The fourth-order valence-corrected chi connectivity index (χ4v) is 2.28. The Bertz CT molecular complexity index is 925. The number of pyridine rings is 1. The van der Waals surface area contributed by atoms with Gasteiger partial charge in [0.15, 0.2) is 12.0 Å². The molecule has 0 fully saturated rings. The van der Waals surface area contributed by atoms with E-state index in [0.717, 1.165) is 0 Å². The summed E-state index contributed by atoms with van der Waals surface area (Å²) in [6, 6.07) is 12.1. The number of hydrogen-bond donors (Lipinski definition) is 2. The molecule has 0 aliphatic rings. The molecule has 2 heterocycles. The Hall–Kier alpha value is -3.32. The number of amides is 2. The monoisotopic (exact) mass is 357 g/mol. The SMILES string of the molecule is O=C(Nc1cc(Cl)ccc1NC(=O)c1cccc[n+]1[O-])c1ccco1. The molecule has 0 atom stereocenters. The lowest BCUT2D eigenvalue weighted by Crippen LogP contribution is -2.36. The lowest BCUT2D eigenvalue weighted by molar-refractivity contribution is -0.607. The van der Waals surface area contributed by atoms with Crippen LogP contribution < -0.4 is 15.4 Å². The zero-order valence-corrected chi connectivity index (χ0v) is 13.5. The smallest absolute Gasteiger partial charge is 0.321 e. The summed E-state index contributed by atoms with van der Waals surface area (Å²) in [6.45, 7) is 0. The number of halogens is 1. The molecule has 1 aromatic carbocycles. The van der Waals surface area contributed by atoms with Crippen molar-refractivity contribution in [2.75, 3.05) is 10.6 Å². The average molecular weight is 358 g/mol. The van der Waals surface area contributed by atoms with E-state index < -0.39 is 11.8 Å². The third-order valence-electron chi connectivity index (χ3n) is 3.28. The first kappa shape index (κ1) is 16.5. The second-order valence-corrected chi connectivity index (χ2v) is 5.42. The number of rotatable bonds is 4. The standard InChI is InChI=1S/C17H12ClN3O4/c18-11-6-7-12(19-16(22)14-4-1-2-8-21(14)24)13(10-11)20-17(23)15-5-3-9-25-15/h1-10H,(H,19,22)(H,20,23). The number of aromatic nitrogens is 1. The number of anilines is 2. The first-order valence-electron chi connectivity index (χ1n) is 7.18. The largest absolute Gasteiger partial charge is 0.618 e. The van der Waals surface area contributed by atoms with Crippen LogP contribution in [0.5, 0.6) is 0 Å². The number of benzene rings is 1. The van der Waals surface area contributed by atoms with Gasteiger partial charge in [0.2, 0.25) is 0 Å². The molecular formula is C17H12ClN3O4. The Kier molecular flexibility index (Phi) is 4.67. The van der Waals surface area contributed by atoms with E-state index in [2.05, 4.69) is 10.6 Å². The Morgan fingerprint density at radius 2 is 1.80 bits per heavy atom. The number of nitrogens with one attached hydrogen (secondary N) is 2. The number of nitrogens with zero attached hydrogens (tertiary/aromatic N) is 1. The van der Waals surface area contributed by atoms with Gasteiger partial charge in [0.25, 0.3) is 11.6 Å². The van der Waals surface area contributed by atoms with Crippen LogP contribution in [0.25, 0.3) is 0 Å². The van der Waals surface area contributed by atoms with Crippen LogP contribution in [-0.2, 0) is 0 Å². The highest BCUT2D eigenvalue weighted by molar-refractivity contribution is 6.31. The van der Waals surface area contributed by atoms with E-state index in [0.29, 0.717) is 9.75 Å². The minimum absolute atomic E-state index is 0.0826. The van der Waals surface area contributed by atoms with Crippen LogP contribution >= 0.6 is 11.6 Å². The highest BCUT2D eigenvalue weighted by Gasteiger charge is 2.18. The number of furan rings is 1. The molecule has 3 rings (SSSR count). The first-order valence-corrected chi connectivity index (χ1v) is 7.56. The topological polar surface area (TPSA) is 98.3 Å². The normalized spacial score (nSPS) is 10.3. The Morgan fingerprint density at radius 3 is 2.52 bits per heavy atom. The summed E-state index contributed by atoms with van der Waals surface area (Å²) >= 11 is 5.96. The second kappa shape index (κ2) is 7.06. The van der Waals surface area contributed by atoms with E-state index >= 15 is 0 Å². The van der Waals surface area contributed by atoms with Crippen molar-refractivity contribution in [2.24, 2.45) is 0 Å². The Balaban J connectivity index is 1.85. The first-order chi connectivity index (χ1) is 12.0. The van der Waals surface area contributed by atoms with E-state index in [4.69, 9.17) is 16.0 Å². The van der Waals surface area contributed by atoms with Crippen LogP contribution in [0, 0.1) is 5.21 Å². The van der Waals surface area contributed by atoms with Crippen LogP contribution in [0.3, 0.4) is 0 Å². The van der Waals surface area contributed by atoms with E-state index in [1.54, 1.807) is 18.2 Å². The molecular weight excluding hydrogens is 346 g/mol. The van der Waals surface area contributed by atoms with Crippen LogP contribution in [0.1, 0.15) is 21.0 Å². The zero-order valence-electron chi connectivity index (χ0n) is 12.7. The van der Waals surface area contributed by atoms with Gasteiger partial charge in [-0.2, -0.15) is 4.73 Å². The number of carbonyl (C=O) groups excluding carboxylic acids is 2. The summed E-state index contributed by atoms with van der Waals surface area (Å²) in [6.07, 6.45) is 2.59. The fourth-order valence-electron chi connectivity index (χ4n) is 2.11. The summed E-state index contributed by atoms with van der Waals surface area (Å²) in [4.78, 5) is 24.4. The highest BCUT2D eigenvalue weighted by atomic mass is 35.5. The molecule has 2 amide bonds. The van der Waals surface area contributed by atoms with Crippen LogP contribution in [-0.4, -0.2) is 11.8 Å². The Morgan fingerprint density at radius 1 is 1.00 bits per heavy atom. The molecule has 0 saturated heterocycles. The van der Waals surface area contributed by atoms with Gasteiger partial charge >= 0.3 is 5.91 Å². The molecule has 0 bridgehead atoms. The maximum absolute atomic E-state index is 12.3. The third kappa shape index (κ3) is 3.78. The summed E-state index contributed by atoms with van der Waals surface area (Å²) < 4.78 is 5.48. The maximum atomic E-state index is 12.3. The molecule has 3 aromatic rings. The molecule has 0 radical (unpaired) electrons. The van der Waals surface area contributed by atoms with E-state index in [-0.39, 0.29) is 22.8 Å². The van der Waals surface area contributed by atoms with Gasteiger partial charge in [-0.15, -0.1) is 0 Å². The van der Waals surface area contributed by atoms with Gasteiger partial charge in [-0.1, -0.05) is 11.6 Å². The van der Waals surface area contributed by atoms with Crippen molar-refractivity contribution >= 4 is 34.8 Å². The number of hydrogen-bond acceptors (Lipinski definition) is 4. The molecule has 8 heteroatoms. The lowest BCUT2D eigenvalue weighted by atomic mass is 10.2.